The first-order valence-corrected chi connectivity index (χ1v) is 9.58. The molecule has 0 saturated carbocycles. The third kappa shape index (κ3) is 4.95. The van der Waals surface area contributed by atoms with E-state index in [1.54, 1.807) is 59.7 Å². The Labute approximate surface area is 167 Å². The van der Waals surface area contributed by atoms with Crippen LogP contribution in [0.1, 0.15) is 37.0 Å². The Morgan fingerprint density at radius 1 is 1.14 bits per heavy atom. The molecule has 28 heavy (non-hydrogen) atoms. The van der Waals surface area contributed by atoms with Crippen LogP contribution >= 0.6 is 11.3 Å². The van der Waals surface area contributed by atoms with Crippen molar-refractivity contribution in [3.8, 4) is 5.75 Å². The first-order valence-electron chi connectivity index (χ1n) is 8.70. The highest BCUT2D eigenvalue weighted by Gasteiger charge is 2.14. The second kappa shape index (κ2) is 8.67. The largest absolute Gasteiger partial charge is 0.487 e. The maximum atomic E-state index is 12.8. The lowest BCUT2D eigenvalue weighted by molar-refractivity contribution is 0.0784. The molecule has 0 atom stereocenters. The highest BCUT2D eigenvalue weighted by atomic mass is 32.1. The average Bonchev–Trinajstić information content (AvgIpc) is 3.11. The predicted octanol–water partition coefficient (Wildman–Crippen LogP) is 3.40. The van der Waals surface area contributed by atoms with E-state index in [9.17, 15) is 9.59 Å². The van der Waals surface area contributed by atoms with Crippen molar-refractivity contribution in [1.29, 1.82) is 0 Å². The number of nitrogens with zero attached hydrogens (tertiary/aromatic N) is 2. The van der Waals surface area contributed by atoms with Crippen LogP contribution in [0.3, 0.4) is 0 Å². The van der Waals surface area contributed by atoms with Gasteiger partial charge in [0, 0.05) is 30.1 Å². The normalized spacial score (nSPS) is 10.5. The summed E-state index contributed by atoms with van der Waals surface area (Å²) < 4.78 is 5.76. The van der Waals surface area contributed by atoms with Crippen LogP contribution in [-0.2, 0) is 13.2 Å². The summed E-state index contributed by atoms with van der Waals surface area (Å²) in [6.45, 7) is 2.67. The van der Waals surface area contributed by atoms with Gasteiger partial charge in [-0.1, -0.05) is 18.2 Å². The molecule has 0 bridgehead atoms. The van der Waals surface area contributed by atoms with Gasteiger partial charge in [0.15, 0.2) is 0 Å². The van der Waals surface area contributed by atoms with E-state index in [4.69, 9.17) is 10.5 Å². The molecule has 6 nitrogen and oxygen atoms in total. The van der Waals surface area contributed by atoms with Crippen LogP contribution in [0.4, 0.5) is 0 Å². The van der Waals surface area contributed by atoms with Gasteiger partial charge < -0.3 is 15.4 Å². The van der Waals surface area contributed by atoms with Gasteiger partial charge in [-0.05, 0) is 42.8 Å². The number of hydrogen-bond donors (Lipinski definition) is 1. The molecule has 2 amide bonds. The van der Waals surface area contributed by atoms with E-state index >= 15 is 0 Å². The van der Waals surface area contributed by atoms with Gasteiger partial charge in [0.25, 0.3) is 5.91 Å². The Morgan fingerprint density at radius 2 is 1.89 bits per heavy atom. The van der Waals surface area contributed by atoms with Crippen molar-refractivity contribution in [2.24, 2.45) is 5.73 Å². The van der Waals surface area contributed by atoms with Crippen molar-refractivity contribution < 1.29 is 14.3 Å². The van der Waals surface area contributed by atoms with Crippen molar-refractivity contribution in [2.45, 2.75) is 20.1 Å². The Bertz CT molecular complexity index is 1000. The standard InChI is InChI=1S/C21H21N3O3S/c1-14-23-18(13-28-14)12-27-19-8-4-7-17(10-19)21(26)24(2)11-15-5-3-6-16(9-15)20(22)25/h3-10,13H,11-12H2,1-2H3,(H2,22,25). The monoisotopic (exact) mass is 395 g/mol. The summed E-state index contributed by atoms with van der Waals surface area (Å²) in [6, 6.07) is 14.0. The molecule has 7 heteroatoms. The van der Waals surface area contributed by atoms with Crippen LogP contribution in [-0.4, -0.2) is 28.7 Å². The zero-order chi connectivity index (χ0) is 20.1. The molecule has 2 aromatic carbocycles. The quantitative estimate of drug-likeness (QED) is 0.664. The molecule has 144 valence electrons. The lowest BCUT2D eigenvalue weighted by Gasteiger charge is -2.18. The third-order valence-electron chi connectivity index (χ3n) is 4.11. The van der Waals surface area contributed by atoms with Crippen LogP contribution in [0, 0.1) is 6.92 Å². The number of carbonyl (C=O) groups is 2. The minimum Gasteiger partial charge on any atom is -0.487 e. The number of nitrogens with two attached hydrogens (primary N) is 1. The summed E-state index contributed by atoms with van der Waals surface area (Å²) in [5, 5.41) is 2.95. The SMILES string of the molecule is Cc1nc(COc2cccc(C(=O)N(C)Cc3cccc(C(N)=O)c3)c2)cs1. The fourth-order valence-electron chi connectivity index (χ4n) is 2.74. The van der Waals surface area contributed by atoms with Gasteiger partial charge in [-0.15, -0.1) is 11.3 Å². The Hall–Kier alpha value is -3.19. The first-order chi connectivity index (χ1) is 13.4. The van der Waals surface area contributed by atoms with Crippen LogP contribution in [0.15, 0.2) is 53.9 Å². The van der Waals surface area contributed by atoms with Crippen molar-refractivity contribution in [2.75, 3.05) is 7.05 Å². The molecule has 1 aromatic heterocycles. The molecular weight excluding hydrogens is 374 g/mol. The van der Waals surface area contributed by atoms with Crippen LogP contribution < -0.4 is 10.5 Å². The predicted molar refractivity (Wildman–Crippen MR) is 108 cm³/mol. The fourth-order valence-corrected chi connectivity index (χ4v) is 3.34. The Balaban J connectivity index is 1.66. The van der Waals surface area contributed by atoms with Gasteiger partial charge in [-0.25, -0.2) is 4.98 Å². The van der Waals surface area contributed by atoms with E-state index < -0.39 is 5.91 Å². The van der Waals surface area contributed by atoms with Crippen LogP contribution in [0.25, 0.3) is 0 Å². The molecule has 0 spiro atoms. The number of rotatable bonds is 7. The van der Waals surface area contributed by atoms with Crippen molar-refractivity contribution >= 4 is 23.2 Å². The molecule has 0 unspecified atom stereocenters. The molecular formula is C21H21N3O3S. The second-order valence-corrected chi connectivity index (χ2v) is 7.46. The van der Waals surface area contributed by atoms with Crippen molar-refractivity contribution in [1.82, 2.24) is 9.88 Å². The van der Waals surface area contributed by atoms with E-state index in [-0.39, 0.29) is 5.91 Å². The number of thiazole rings is 1. The minimum atomic E-state index is -0.490. The minimum absolute atomic E-state index is 0.139. The molecule has 3 aromatic rings. The summed E-state index contributed by atoms with van der Waals surface area (Å²) in [5.41, 5.74) is 7.96. The number of aromatic nitrogens is 1. The van der Waals surface area contributed by atoms with Gasteiger partial charge in [-0.3, -0.25) is 9.59 Å². The smallest absolute Gasteiger partial charge is 0.254 e. The third-order valence-corrected chi connectivity index (χ3v) is 4.93. The van der Waals surface area contributed by atoms with E-state index in [0.717, 1.165) is 16.3 Å². The maximum absolute atomic E-state index is 12.8. The van der Waals surface area contributed by atoms with E-state index in [1.165, 1.54) is 0 Å². The van der Waals surface area contributed by atoms with Gasteiger partial charge in [0.2, 0.25) is 5.91 Å². The van der Waals surface area contributed by atoms with E-state index in [0.29, 0.717) is 30.0 Å². The highest BCUT2D eigenvalue weighted by molar-refractivity contribution is 7.09. The second-order valence-electron chi connectivity index (χ2n) is 6.40. The lowest BCUT2D eigenvalue weighted by atomic mass is 10.1. The Morgan fingerprint density at radius 3 is 2.61 bits per heavy atom. The molecule has 1 heterocycles. The molecule has 2 N–H and O–H groups in total. The van der Waals surface area contributed by atoms with E-state index in [1.807, 2.05) is 24.4 Å². The molecule has 0 fully saturated rings. The number of aryl methyl sites for hydroxylation is 1. The van der Waals surface area contributed by atoms with Crippen molar-refractivity contribution in [3.05, 3.63) is 81.3 Å². The zero-order valence-corrected chi connectivity index (χ0v) is 16.5. The zero-order valence-electron chi connectivity index (χ0n) is 15.7. The van der Waals surface area contributed by atoms with Gasteiger partial charge in [0.05, 0.1) is 10.7 Å². The molecule has 3 rings (SSSR count). The van der Waals surface area contributed by atoms with E-state index in [2.05, 4.69) is 4.98 Å². The number of benzene rings is 2. The number of ether oxygens (including phenoxy) is 1. The molecule has 0 aliphatic carbocycles. The fraction of sp³-hybridized carbons (Fsp3) is 0.190. The lowest BCUT2D eigenvalue weighted by Crippen LogP contribution is -2.26. The average molecular weight is 395 g/mol. The van der Waals surface area contributed by atoms with Gasteiger partial charge in [0.1, 0.15) is 12.4 Å². The van der Waals surface area contributed by atoms with Gasteiger partial charge in [-0.2, -0.15) is 0 Å². The van der Waals surface area contributed by atoms with Gasteiger partial charge >= 0.3 is 0 Å². The number of hydrogen-bond acceptors (Lipinski definition) is 5. The molecule has 0 aliphatic rings. The van der Waals surface area contributed by atoms with Crippen molar-refractivity contribution in [3.63, 3.8) is 0 Å². The first kappa shape index (κ1) is 19.6. The molecule has 0 aliphatic heterocycles. The maximum Gasteiger partial charge on any atom is 0.254 e. The summed E-state index contributed by atoms with van der Waals surface area (Å²) in [6.07, 6.45) is 0. The summed E-state index contributed by atoms with van der Waals surface area (Å²) in [7, 11) is 1.71. The molecule has 0 saturated heterocycles. The summed E-state index contributed by atoms with van der Waals surface area (Å²) in [5.74, 6) is -0.0176. The highest BCUT2D eigenvalue weighted by Crippen LogP contribution is 2.18. The number of primary amides is 1. The topological polar surface area (TPSA) is 85.5 Å². The summed E-state index contributed by atoms with van der Waals surface area (Å²) >= 11 is 1.57. The number of amides is 2. The summed E-state index contributed by atoms with van der Waals surface area (Å²) in [4.78, 5) is 30.0. The molecule has 0 radical (unpaired) electrons. The van der Waals surface area contributed by atoms with Crippen LogP contribution in [0.2, 0.25) is 0 Å². The Kier molecular flexibility index (Phi) is 6.06. The van der Waals surface area contributed by atoms with Crippen LogP contribution in [0.5, 0.6) is 5.75 Å². The number of carbonyl (C=O) groups excluding carboxylic acids is 2.